The van der Waals surface area contributed by atoms with Gasteiger partial charge in [-0.3, -0.25) is 4.79 Å². The first-order valence-electron chi connectivity index (χ1n) is 16.7. The molecule has 0 atom stereocenters. The summed E-state index contributed by atoms with van der Waals surface area (Å²) in [7, 11) is 0. The van der Waals surface area contributed by atoms with Gasteiger partial charge >= 0.3 is 5.97 Å². The van der Waals surface area contributed by atoms with Gasteiger partial charge in [0.05, 0.1) is 12.2 Å². The smallest absolute Gasteiger partial charge is 0.338 e. The van der Waals surface area contributed by atoms with Crippen LogP contribution in [0, 0.1) is 0 Å². The minimum Gasteiger partial charge on any atom is -0.494 e. The zero-order valence-corrected chi connectivity index (χ0v) is 26.6. The third kappa shape index (κ3) is 13.2. The molecule has 0 heterocycles. The van der Waals surface area contributed by atoms with Crippen LogP contribution in [0.1, 0.15) is 130 Å². The number of rotatable bonds is 22. The fourth-order valence-corrected chi connectivity index (χ4v) is 5.23. The van der Waals surface area contributed by atoms with E-state index in [2.05, 4.69) is 38.1 Å². The third-order valence-corrected chi connectivity index (χ3v) is 8.00. The van der Waals surface area contributed by atoms with E-state index in [0.717, 1.165) is 29.7 Å². The van der Waals surface area contributed by atoms with Crippen molar-refractivity contribution in [2.75, 3.05) is 13.2 Å². The Morgan fingerprint density at radius 3 is 1.60 bits per heavy atom. The molecular formula is C39H52O4. The SMILES string of the molecule is CCCCCCCCCOc1ccc(C(=O)COC(=O)c2ccc(-c3ccc(CCCCCCCCC)cc3)cc2)cc1. The van der Waals surface area contributed by atoms with Gasteiger partial charge in [-0.05, 0) is 72.4 Å². The molecular weight excluding hydrogens is 532 g/mol. The molecule has 0 aromatic heterocycles. The van der Waals surface area contributed by atoms with E-state index in [0.29, 0.717) is 17.7 Å². The molecule has 3 aromatic carbocycles. The fourth-order valence-electron chi connectivity index (χ4n) is 5.23. The van der Waals surface area contributed by atoms with Crippen LogP contribution in [0.4, 0.5) is 0 Å². The highest BCUT2D eigenvalue weighted by molar-refractivity contribution is 5.99. The van der Waals surface area contributed by atoms with E-state index >= 15 is 0 Å². The third-order valence-electron chi connectivity index (χ3n) is 8.00. The molecule has 0 amide bonds. The highest BCUT2D eigenvalue weighted by Crippen LogP contribution is 2.22. The van der Waals surface area contributed by atoms with Gasteiger partial charge < -0.3 is 9.47 Å². The number of aryl methyl sites for hydroxylation is 1. The lowest BCUT2D eigenvalue weighted by Gasteiger charge is -2.08. The Labute approximate surface area is 260 Å². The van der Waals surface area contributed by atoms with Gasteiger partial charge in [-0.15, -0.1) is 0 Å². The first-order chi connectivity index (χ1) is 21.1. The van der Waals surface area contributed by atoms with Crippen LogP contribution in [0.15, 0.2) is 72.8 Å². The largest absolute Gasteiger partial charge is 0.494 e. The Morgan fingerprint density at radius 1 is 0.535 bits per heavy atom. The maximum atomic E-state index is 12.6. The monoisotopic (exact) mass is 584 g/mol. The Hall–Kier alpha value is -3.40. The molecule has 4 nitrogen and oxygen atoms in total. The van der Waals surface area contributed by atoms with Crippen molar-refractivity contribution in [3.05, 3.63) is 89.5 Å². The van der Waals surface area contributed by atoms with Gasteiger partial charge in [0.1, 0.15) is 5.75 Å². The highest BCUT2D eigenvalue weighted by atomic mass is 16.5. The van der Waals surface area contributed by atoms with Gasteiger partial charge in [-0.1, -0.05) is 127 Å². The van der Waals surface area contributed by atoms with Crippen LogP contribution in [0.5, 0.6) is 5.75 Å². The van der Waals surface area contributed by atoms with Crippen molar-refractivity contribution in [1.82, 2.24) is 0 Å². The van der Waals surface area contributed by atoms with Crippen LogP contribution in [0.2, 0.25) is 0 Å². The number of carbonyl (C=O) groups excluding carboxylic acids is 2. The quantitative estimate of drug-likeness (QED) is 0.0669. The second-order valence-corrected chi connectivity index (χ2v) is 11.6. The molecule has 3 aromatic rings. The van der Waals surface area contributed by atoms with Crippen LogP contribution in [-0.2, 0) is 11.2 Å². The Morgan fingerprint density at radius 2 is 1.02 bits per heavy atom. The highest BCUT2D eigenvalue weighted by Gasteiger charge is 2.12. The van der Waals surface area contributed by atoms with Crippen LogP contribution in [0.3, 0.4) is 0 Å². The first kappa shape index (κ1) is 34.1. The number of Topliss-reactive ketones (excluding diaryl/α,β-unsaturated/α-hetero) is 1. The molecule has 43 heavy (non-hydrogen) atoms. The van der Waals surface area contributed by atoms with Crippen LogP contribution in [0.25, 0.3) is 11.1 Å². The number of unbranched alkanes of at least 4 members (excludes halogenated alkanes) is 12. The predicted molar refractivity (Wildman–Crippen MR) is 178 cm³/mol. The molecule has 0 aliphatic carbocycles. The maximum Gasteiger partial charge on any atom is 0.338 e. The lowest BCUT2D eigenvalue weighted by Crippen LogP contribution is -2.14. The molecule has 4 heteroatoms. The molecule has 0 aliphatic rings. The number of hydrogen-bond donors (Lipinski definition) is 0. The molecule has 0 unspecified atom stereocenters. The average Bonchev–Trinajstić information content (AvgIpc) is 3.05. The molecule has 0 fully saturated rings. The molecule has 0 spiro atoms. The molecule has 3 rings (SSSR count). The van der Waals surface area contributed by atoms with E-state index < -0.39 is 5.97 Å². The van der Waals surface area contributed by atoms with Crippen LogP contribution >= 0.6 is 0 Å². The van der Waals surface area contributed by atoms with Crippen molar-refractivity contribution in [3.63, 3.8) is 0 Å². The summed E-state index contributed by atoms with van der Waals surface area (Å²) in [5.41, 5.74) is 4.47. The number of carbonyl (C=O) groups is 2. The van der Waals surface area contributed by atoms with Crippen LogP contribution < -0.4 is 4.74 Å². The summed E-state index contributed by atoms with van der Waals surface area (Å²) in [4.78, 5) is 25.2. The Kier molecular flexibility index (Phi) is 16.3. The molecule has 232 valence electrons. The minimum absolute atomic E-state index is 0.236. The predicted octanol–water partition coefficient (Wildman–Crippen LogP) is 10.8. The fraction of sp³-hybridized carbons (Fsp3) is 0.487. The summed E-state index contributed by atoms with van der Waals surface area (Å²) in [5, 5.41) is 0. The standard InChI is InChI=1S/C39H52O4/c1-3-5-7-9-11-13-15-17-32-18-20-33(21-19-32)34-22-24-36(25-23-34)39(41)43-31-38(40)35-26-28-37(29-27-35)42-30-16-14-12-10-8-6-4-2/h18-29H,3-17,30-31H2,1-2H3. The van der Waals surface area contributed by atoms with Crippen molar-refractivity contribution in [2.45, 2.75) is 110 Å². The van der Waals surface area contributed by atoms with Crippen molar-refractivity contribution in [1.29, 1.82) is 0 Å². The van der Waals surface area contributed by atoms with Crippen molar-refractivity contribution in [2.24, 2.45) is 0 Å². The van der Waals surface area contributed by atoms with Gasteiger partial charge in [-0.25, -0.2) is 4.79 Å². The molecule has 0 bridgehead atoms. The molecule has 0 N–H and O–H groups in total. The first-order valence-corrected chi connectivity index (χ1v) is 16.7. The average molecular weight is 585 g/mol. The summed E-state index contributed by atoms with van der Waals surface area (Å²) >= 11 is 0. The van der Waals surface area contributed by atoms with E-state index in [1.54, 1.807) is 36.4 Å². The number of benzene rings is 3. The topological polar surface area (TPSA) is 52.6 Å². The second kappa shape index (κ2) is 20.5. The number of esters is 1. The van der Waals surface area contributed by atoms with E-state index in [1.165, 1.54) is 89.0 Å². The minimum atomic E-state index is -0.500. The van der Waals surface area contributed by atoms with Gasteiger partial charge in [-0.2, -0.15) is 0 Å². The molecule has 0 aliphatic heterocycles. The maximum absolute atomic E-state index is 12.6. The number of ketones is 1. The zero-order valence-electron chi connectivity index (χ0n) is 26.6. The van der Waals surface area contributed by atoms with Gasteiger partial charge in [0.25, 0.3) is 0 Å². The van der Waals surface area contributed by atoms with Crippen molar-refractivity contribution in [3.8, 4) is 16.9 Å². The number of ether oxygens (including phenoxy) is 2. The Balaban J connectivity index is 1.35. The zero-order chi connectivity index (χ0) is 30.5. The number of hydrogen-bond acceptors (Lipinski definition) is 4. The lowest BCUT2D eigenvalue weighted by molar-refractivity contribution is 0.0474. The summed E-state index contributed by atoms with van der Waals surface area (Å²) in [5.74, 6) is 0.0159. The van der Waals surface area contributed by atoms with Crippen LogP contribution in [-0.4, -0.2) is 25.0 Å². The normalized spacial score (nSPS) is 10.9. The summed E-state index contributed by atoms with van der Waals surface area (Å²) < 4.78 is 11.1. The Bertz CT molecular complexity index is 1180. The summed E-state index contributed by atoms with van der Waals surface area (Å²) in [6.45, 7) is 4.88. The summed E-state index contributed by atoms with van der Waals surface area (Å²) in [6.07, 6.45) is 19.1. The van der Waals surface area contributed by atoms with Crippen molar-refractivity contribution < 1.29 is 19.1 Å². The van der Waals surface area contributed by atoms with E-state index in [-0.39, 0.29) is 12.4 Å². The van der Waals surface area contributed by atoms with Gasteiger partial charge in [0.15, 0.2) is 12.4 Å². The van der Waals surface area contributed by atoms with Crippen molar-refractivity contribution >= 4 is 11.8 Å². The molecule has 0 saturated heterocycles. The van der Waals surface area contributed by atoms with Gasteiger partial charge in [0.2, 0.25) is 0 Å². The van der Waals surface area contributed by atoms with E-state index in [1.807, 2.05) is 12.1 Å². The molecule has 0 saturated carbocycles. The van der Waals surface area contributed by atoms with Gasteiger partial charge in [0, 0.05) is 5.56 Å². The lowest BCUT2D eigenvalue weighted by atomic mass is 10.00. The summed E-state index contributed by atoms with van der Waals surface area (Å²) in [6, 6.07) is 23.1. The molecule has 0 radical (unpaired) electrons. The van der Waals surface area contributed by atoms with E-state index in [9.17, 15) is 9.59 Å². The van der Waals surface area contributed by atoms with E-state index in [4.69, 9.17) is 9.47 Å². The second-order valence-electron chi connectivity index (χ2n) is 11.6.